The zero-order chi connectivity index (χ0) is 16.7. The second-order valence-corrected chi connectivity index (χ2v) is 5.68. The number of benzene rings is 1. The van der Waals surface area contributed by atoms with Gasteiger partial charge in [-0.05, 0) is 31.0 Å². The molecule has 24 heavy (non-hydrogen) atoms. The van der Waals surface area contributed by atoms with Crippen LogP contribution in [-0.2, 0) is 4.79 Å². The minimum absolute atomic E-state index is 0.0391. The van der Waals surface area contributed by atoms with Gasteiger partial charge in [-0.25, -0.2) is 14.4 Å². The molecule has 2 heterocycles. The summed E-state index contributed by atoms with van der Waals surface area (Å²) in [6, 6.07) is 7.93. The van der Waals surface area contributed by atoms with E-state index in [1.165, 1.54) is 18.2 Å². The molecule has 0 radical (unpaired) electrons. The van der Waals surface area contributed by atoms with Gasteiger partial charge in [0, 0.05) is 12.1 Å². The molecule has 2 aromatic heterocycles. The average molecular weight is 321 g/mol. The molecule has 1 fully saturated rings. The van der Waals surface area contributed by atoms with Gasteiger partial charge in [0.15, 0.2) is 5.82 Å². The van der Waals surface area contributed by atoms with Gasteiger partial charge < -0.3 is 10.3 Å². The Morgan fingerprint density at radius 2 is 2.21 bits per heavy atom. The van der Waals surface area contributed by atoms with Gasteiger partial charge in [-0.3, -0.25) is 4.79 Å². The number of hydrogen-bond acceptors (Lipinski definition) is 4. The molecule has 1 saturated carbocycles. The summed E-state index contributed by atoms with van der Waals surface area (Å²) >= 11 is 0. The van der Waals surface area contributed by atoms with E-state index in [0.717, 1.165) is 12.8 Å². The molecule has 0 spiro atoms. The Hall–Kier alpha value is -3.27. The van der Waals surface area contributed by atoms with Crippen LogP contribution in [0, 0.1) is 23.1 Å². The number of hydrogen-bond donors (Lipinski definition) is 2. The molecule has 4 rings (SSSR count). The van der Waals surface area contributed by atoms with Gasteiger partial charge in [0.1, 0.15) is 17.2 Å². The highest BCUT2D eigenvalue weighted by atomic mass is 19.1. The number of halogens is 1. The lowest BCUT2D eigenvalue weighted by Crippen LogP contribution is -2.14. The highest BCUT2D eigenvalue weighted by molar-refractivity contribution is 6.00. The third-order valence-electron chi connectivity index (χ3n) is 3.96. The van der Waals surface area contributed by atoms with Gasteiger partial charge in [-0.1, -0.05) is 6.07 Å². The van der Waals surface area contributed by atoms with Gasteiger partial charge in [0.25, 0.3) is 0 Å². The lowest BCUT2D eigenvalue weighted by Gasteiger charge is -2.03. The summed E-state index contributed by atoms with van der Waals surface area (Å²) < 4.78 is 14.2. The average Bonchev–Trinajstić information content (AvgIpc) is 3.34. The van der Waals surface area contributed by atoms with Crippen molar-refractivity contribution in [2.75, 3.05) is 5.32 Å². The smallest absolute Gasteiger partial charge is 0.228 e. The number of aromatic nitrogens is 3. The molecule has 7 heteroatoms. The number of aromatic amines is 1. The number of rotatable bonds is 3. The largest absolute Gasteiger partial charge is 0.338 e. The number of anilines is 1. The van der Waals surface area contributed by atoms with Crippen LogP contribution in [0.15, 0.2) is 30.5 Å². The van der Waals surface area contributed by atoms with Crippen molar-refractivity contribution in [3.63, 3.8) is 0 Å². The first-order chi connectivity index (χ1) is 11.7. The Morgan fingerprint density at radius 1 is 1.38 bits per heavy atom. The maximum Gasteiger partial charge on any atom is 0.228 e. The topological polar surface area (TPSA) is 94.5 Å². The maximum absolute atomic E-state index is 14.2. The van der Waals surface area contributed by atoms with Crippen LogP contribution in [0.25, 0.3) is 22.4 Å². The minimum atomic E-state index is -0.537. The van der Waals surface area contributed by atoms with E-state index in [1.807, 2.05) is 6.07 Å². The van der Waals surface area contributed by atoms with Crippen molar-refractivity contribution < 1.29 is 9.18 Å². The number of imidazole rings is 1. The van der Waals surface area contributed by atoms with Crippen LogP contribution in [0.3, 0.4) is 0 Å². The van der Waals surface area contributed by atoms with E-state index in [0.29, 0.717) is 16.9 Å². The molecule has 1 aliphatic rings. The van der Waals surface area contributed by atoms with E-state index in [9.17, 15) is 14.4 Å². The zero-order valence-corrected chi connectivity index (χ0v) is 12.5. The summed E-state index contributed by atoms with van der Waals surface area (Å²) in [6.45, 7) is 0. The van der Waals surface area contributed by atoms with Crippen molar-refractivity contribution in [1.82, 2.24) is 15.0 Å². The Labute approximate surface area is 136 Å². The normalized spacial score (nSPS) is 13.7. The maximum atomic E-state index is 14.2. The van der Waals surface area contributed by atoms with E-state index in [2.05, 4.69) is 20.3 Å². The molecular formula is C17H12FN5O. The molecule has 2 N–H and O–H groups in total. The van der Waals surface area contributed by atoms with Crippen LogP contribution in [0.2, 0.25) is 0 Å². The quantitative estimate of drug-likeness (QED) is 0.775. The van der Waals surface area contributed by atoms with Gasteiger partial charge >= 0.3 is 0 Å². The fourth-order valence-electron chi connectivity index (χ4n) is 2.57. The molecular weight excluding hydrogens is 309 g/mol. The monoisotopic (exact) mass is 321 g/mol. The van der Waals surface area contributed by atoms with E-state index in [4.69, 9.17) is 0 Å². The first kappa shape index (κ1) is 14.3. The molecule has 0 unspecified atom stereocenters. The van der Waals surface area contributed by atoms with Crippen LogP contribution >= 0.6 is 0 Å². The fourth-order valence-corrected chi connectivity index (χ4v) is 2.57. The zero-order valence-electron chi connectivity index (χ0n) is 12.5. The number of H-pyrrole nitrogens is 1. The van der Waals surface area contributed by atoms with Gasteiger partial charge in [0.05, 0.1) is 22.7 Å². The SMILES string of the molecule is N#Cc1cccc(F)c1-c1nc2c(NC(=O)C3CC3)nccc2[nH]1. The molecule has 118 valence electrons. The van der Waals surface area contributed by atoms with E-state index < -0.39 is 5.82 Å². The van der Waals surface area contributed by atoms with Crippen LogP contribution < -0.4 is 5.32 Å². The van der Waals surface area contributed by atoms with Crippen molar-refractivity contribution in [2.24, 2.45) is 5.92 Å². The third kappa shape index (κ3) is 2.38. The standard InChI is InChI=1S/C17H12FN5O/c18-11-3-1-2-10(8-19)13(11)15-21-12-6-7-20-16(14(12)22-15)23-17(24)9-4-5-9/h1-3,6-7,9H,4-5H2,(H,21,22)(H,20,23,24). The molecule has 3 aromatic rings. The van der Waals surface area contributed by atoms with Crippen LogP contribution in [0.1, 0.15) is 18.4 Å². The summed E-state index contributed by atoms with van der Waals surface area (Å²) in [7, 11) is 0. The number of fused-ring (bicyclic) bond motifs is 1. The number of nitriles is 1. The molecule has 1 amide bonds. The lowest BCUT2D eigenvalue weighted by molar-refractivity contribution is -0.117. The Kier molecular flexibility index (Phi) is 3.24. The second kappa shape index (κ2) is 5.42. The summed E-state index contributed by atoms with van der Waals surface area (Å²) in [6.07, 6.45) is 3.31. The molecule has 0 aliphatic heterocycles. The Morgan fingerprint density at radius 3 is 2.96 bits per heavy atom. The Bertz CT molecular complexity index is 1000. The third-order valence-corrected chi connectivity index (χ3v) is 3.96. The van der Waals surface area contributed by atoms with E-state index in [-0.39, 0.29) is 28.8 Å². The lowest BCUT2D eigenvalue weighted by atomic mass is 10.1. The number of amides is 1. The predicted octanol–water partition coefficient (Wildman–Crippen LogP) is 2.98. The van der Waals surface area contributed by atoms with Gasteiger partial charge in [-0.2, -0.15) is 5.26 Å². The molecule has 0 bridgehead atoms. The Balaban J connectivity index is 1.82. The van der Waals surface area contributed by atoms with Gasteiger partial charge in [0.2, 0.25) is 5.91 Å². The molecule has 1 aliphatic carbocycles. The number of carbonyl (C=O) groups is 1. The van der Waals surface area contributed by atoms with Crippen molar-refractivity contribution in [1.29, 1.82) is 5.26 Å². The number of carbonyl (C=O) groups excluding carboxylic acids is 1. The van der Waals surface area contributed by atoms with E-state index >= 15 is 0 Å². The van der Waals surface area contributed by atoms with Crippen molar-refractivity contribution in [2.45, 2.75) is 12.8 Å². The van der Waals surface area contributed by atoms with Gasteiger partial charge in [-0.15, -0.1) is 0 Å². The predicted molar refractivity (Wildman–Crippen MR) is 85.4 cm³/mol. The summed E-state index contributed by atoms with van der Waals surface area (Å²) in [4.78, 5) is 23.5. The molecule has 1 aromatic carbocycles. The second-order valence-electron chi connectivity index (χ2n) is 5.68. The first-order valence-corrected chi connectivity index (χ1v) is 7.52. The minimum Gasteiger partial charge on any atom is -0.338 e. The highest BCUT2D eigenvalue weighted by Crippen LogP contribution is 2.32. The van der Waals surface area contributed by atoms with Crippen molar-refractivity contribution in [3.05, 3.63) is 41.8 Å². The number of pyridine rings is 1. The van der Waals surface area contributed by atoms with Crippen LogP contribution in [0.4, 0.5) is 10.2 Å². The fraction of sp³-hybridized carbons (Fsp3) is 0.176. The number of nitrogens with zero attached hydrogens (tertiary/aromatic N) is 3. The number of nitrogens with one attached hydrogen (secondary N) is 2. The van der Waals surface area contributed by atoms with E-state index in [1.54, 1.807) is 12.3 Å². The molecule has 6 nitrogen and oxygen atoms in total. The van der Waals surface area contributed by atoms with Crippen LogP contribution in [0.5, 0.6) is 0 Å². The van der Waals surface area contributed by atoms with Crippen molar-refractivity contribution in [3.8, 4) is 17.5 Å². The first-order valence-electron chi connectivity index (χ1n) is 7.52. The highest BCUT2D eigenvalue weighted by Gasteiger charge is 2.30. The summed E-state index contributed by atoms with van der Waals surface area (Å²) in [5.41, 5.74) is 1.34. The molecule has 0 saturated heterocycles. The summed E-state index contributed by atoms with van der Waals surface area (Å²) in [5.74, 6) is -0.0127. The summed E-state index contributed by atoms with van der Waals surface area (Å²) in [5, 5.41) is 12.0. The van der Waals surface area contributed by atoms with Crippen molar-refractivity contribution >= 4 is 22.8 Å². The van der Waals surface area contributed by atoms with Crippen LogP contribution in [-0.4, -0.2) is 20.9 Å². The molecule has 0 atom stereocenters.